The van der Waals surface area contributed by atoms with Crippen molar-refractivity contribution in [2.24, 2.45) is 0 Å². The van der Waals surface area contributed by atoms with Gasteiger partial charge in [0.15, 0.2) is 0 Å². The third-order valence-electron chi connectivity index (χ3n) is 4.49. The maximum Gasteiger partial charge on any atom is 0.349 e. The molecule has 132 valence electrons. The van der Waals surface area contributed by atoms with Crippen LogP contribution in [0.25, 0.3) is 0 Å². The summed E-state index contributed by atoms with van der Waals surface area (Å²) in [6.07, 6.45) is 2.95. The maximum absolute atomic E-state index is 12.4. The lowest BCUT2D eigenvalue weighted by Crippen LogP contribution is -2.40. The van der Waals surface area contributed by atoms with Crippen LogP contribution in [0.1, 0.15) is 40.1 Å². The van der Waals surface area contributed by atoms with Gasteiger partial charge in [-0.3, -0.25) is 4.79 Å². The molecule has 1 aliphatic heterocycles. The zero-order chi connectivity index (χ0) is 17.6. The van der Waals surface area contributed by atoms with Gasteiger partial charge in [0.1, 0.15) is 11.3 Å². The highest BCUT2D eigenvalue weighted by atomic mass is 16.5. The number of nitrogens with one attached hydrogen (secondary N) is 1. The molecule has 1 N–H and O–H groups in total. The van der Waals surface area contributed by atoms with Crippen molar-refractivity contribution in [3.8, 4) is 0 Å². The van der Waals surface area contributed by atoms with Crippen LogP contribution in [0.15, 0.2) is 45.6 Å². The molecular formula is C20H23NO4. The van der Waals surface area contributed by atoms with Crippen molar-refractivity contribution < 1.29 is 13.9 Å². The van der Waals surface area contributed by atoms with Crippen LogP contribution in [0.5, 0.6) is 0 Å². The van der Waals surface area contributed by atoms with Crippen molar-refractivity contribution in [3.63, 3.8) is 0 Å². The SMILES string of the molecule is Cc1cc(CCc2ccccc2)oc(=O)c1C(=O)NC1CCOCC1. The molecule has 1 saturated heterocycles. The Morgan fingerprint density at radius 3 is 2.56 bits per heavy atom. The third kappa shape index (κ3) is 4.57. The van der Waals surface area contributed by atoms with E-state index in [0.717, 1.165) is 19.3 Å². The van der Waals surface area contributed by atoms with Crippen molar-refractivity contribution in [2.45, 2.75) is 38.6 Å². The molecular weight excluding hydrogens is 318 g/mol. The van der Waals surface area contributed by atoms with Gasteiger partial charge in [-0.25, -0.2) is 4.79 Å². The fourth-order valence-electron chi connectivity index (χ4n) is 3.08. The topological polar surface area (TPSA) is 68.5 Å². The Kier molecular flexibility index (Phi) is 5.66. The van der Waals surface area contributed by atoms with Crippen LogP contribution in [0, 0.1) is 6.92 Å². The normalized spacial score (nSPS) is 15.1. The van der Waals surface area contributed by atoms with Crippen LogP contribution < -0.4 is 10.9 Å². The van der Waals surface area contributed by atoms with Gasteiger partial charge < -0.3 is 14.5 Å². The largest absolute Gasteiger partial charge is 0.427 e. The second-order valence-electron chi connectivity index (χ2n) is 6.40. The van der Waals surface area contributed by atoms with Gasteiger partial charge in [-0.05, 0) is 43.4 Å². The molecule has 2 heterocycles. The summed E-state index contributed by atoms with van der Waals surface area (Å²) in [6.45, 7) is 3.05. The third-order valence-corrected chi connectivity index (χ3v) is 4.49. The van der Waals surface area contributed by atoms with Gasteiger partial charge in [-0.15, -0.1) is 0 Å². The maximum atomic E-state index is 12.4. The number of carbonyl (C=O) groups is 1. The lowest BCUT2D eigenvalue weighted by atomic mass is 10.0. The van der Waals surface area contributed by atoms with Crippen LogP contribution in [0.2, 0.25) is 0 Å². The fourth-order valence-corrected chi connectivity index (χ4v) is 3.08. The van der Waals surface area contributed by atoms with Crippen LogP contribution in [0.4, 0.5) is 0 Å². The van der Waals surface area contributed by atoms with E-state index in [4.69, 9.17) is 9.15 Å². The molecule has 1 amide bonds. The van der Waals surface area contributed by atoms with Gasteiger partial charge in [-0.1, -0.05) is 30.3 Å². The van der Waals surface area contributed by atoms with Crippen molar-refractivity contribution in [1.82, 2.24) is 5.32 Å². The van der Waals surface area contributed by atoms with E-state index in [2.05, 4.69) is 5.32 Å². The Balaban J connectivity index is 1.69. The molecule has 0 atom stereocenters. The number of hydrogen-bond donors (Lipinski definition) is 1. The second kappa shape index (κ2) is 8.12. The molecule has 0 unspecified atom stereocenters. The highest BCUT2D eigenvalue weighted by Gasteiger charge is 2.21. The van der Waals surface area contributed by atoms with E-state index in [0.29, 0.717) is 31.0 Å². The summed E-state index contributed by atoms with van der Waals surface area (Å²) in [4.78, 5) is 24.7. The minimum Gasteiger partial charge on any atom is -0.427 e. The first-order chi connectivity index (χ1) is 12.1. The number of aryl methyl sites for hydroxylation is 3. The minimum atomic E-state index is -0.562. The van der Waals surface area contributed by atoms with Gasteiger partial charge >= 0.3 is 5.63 Å². The van der Waals surface area contributed by atoms with Gasteiger partial charge in [-0.2, -0.15) is 0 Å². The minimum absolute atomic E-state index is 0.0535. The predicted molar refractivity (Wildman–Crippen MR) is 94.9 cm³/mol. The van der Waals surface area contributed by atoms with E-state index >= 15 is 0 Å². The first-order valence-corrected chi connectivity index (χ1v) is 8.69. The number of amides is 1. The molecule has 3 rings (SSSR count). The Morgan fingerprint density at radius 1 is 1.16 bits per heavy atom. The summed E-state index contributed by atoms with van der Waals surface area (Å²) in [5, 5.41) is 2.92. The van der Waals surface area contributed by atoms with E-state index in [1.807, 2.05) is 30.3 Å². The average molecular weight is 341 g/mol. The van der Waals surface area contributed by atoms with Gasteiger partial charge in [0, 0.05) is 25.7 Å². The highest BCUT2D eigenvalue weighted by molar-refractivity contribution is 5.95. The van der Waals surface area contributed by atoms with Gasteiger partial charge in [0.2, 0.25) is 0 Å². The first-order valence-electron chi connectivity index (χ1n) is 8.69. The summed E-state index contributed by atoms with van der Waals surface area (Å²) < 4.78 is 10.7. The quantitative estimate of drug-likeness (QED) is 0.908. The molecule has 0 saturated carbocycles. The Morgan fingerprint density at radius 2 is 1.88 bits per heavy atom. The Labute approximate surface area is 147 Å². The average Bonchev–Trinajstić information content (AvgIpc) is 2.61. The van der Waals surface area contributed by atoms with Crippen LogP contribution in [-0.2, 0) is 17.6 Å². The zero-order valence-corrected chi connectivity index (χ0v) is 14.4. The molecule has 2 aromatic rings. The molecule has 0 spiro atoms. The zero-order valence-electron chi connectivity index (χ0n) is 14.4. The summed E-state index contributed by atoms with van der Waals surface area (Å²) in [6, 6.07) is 11.9. The van der Waals surface area contributed by atoms with Crippen molar-refractivity contribution >= 4 is 5.91 Å². The van der Waals surface area contributed by atoms with Crippen LogP contribution in [0.3, 0.4) is 0 Å². The molecule has 1 aromatic carbocycles. The van der Waals surface area contributed by atoms with Gasteiger partial charge in [0.05, 0.1) is 0 Å². The monoisotopic (exact) mass is 341 g/mol. The summed E-state index contributed by atoms with van der Waals surface area (Å²) >= 11 is 0. The van der Waals surface area contributed by atoms with E-state index in [9.17, 15) is 9.59 Å². The van der Waals surface area contributed by atoms with Crippen molar-refractivity contribution in [3.05, 3.63) is 69.3 Å². The molecule has 1 fully saturated rings. The fraction of sp³-hybridized carbons (Fsp3) is 0.400. The lowest BCUT2D eigenvalue weighted by molar-refractivity contribution is 0.0694. The molecule has 0 bridgehead atoms. The number of carbonyl (C=O) groups excluding carboxylic acids is 1. The smallest absolute Gasteiger partial charge is 0.349 e. The number of hydrogen-bond acceptors (Lipinski definition) is 4. The summed E-state index contributed by atoms with van der Waals surface area (Å²) in [5.41, 5.74) is 1.38. The van der Waals surface area contributed by atoms with Crippen LogP contribution >= 0.6 is 0 Å². The second-order valence-corrected chi connectivity index (χ2v) is 6.40. The standard InChI is InChI=1S/C20H23NO4/c1-14-13-17(8-7-15-5-3-2-4-6-15)25-20(23)18(14)19(22)21-16-9-11-24-12-10-16/h2-6,13,16H,7-12H2,1H3,(H,21,22). The summed E-state index contributed by atoms with van der Waals surface area (Å²) in [5.74, 6) is 0.252. The van der Waals surface area contributed by atoms with E-state index in [1.165, 1.54) is 5.56 Å². The van der Waals surface area contributed by atoms with E-state index in [1.54, 1.807) is 13.0 Å². The molecule has 0 aliphatic carbocycles. The lowest BCUT2D eigenvalue weighted by Gasteiger charge is -2.23. The molecule has 25 heavy (non-hydrogen) atoms. The van der Waals surface area contributed by atoms with E-state index < -0.39 is 5.63 Å². The summed E-state index contributed by atoms with van der Waals surface area (Å²) in [7, 11) is 0. The van der Waals surface area contributed by atoms with Crippen molar-refractivity contribution in [1.29, 1.82) is 0 Å². The molecule has 0 radical (unpaired) electrons. The number of rotatable bonds is 5. The Bertz CT molecular complexity index is 776. The number of ether oxygens (including phenoxy) is 1. The predicted octanol–water partition coefficient (Wildman–Crippen LogP) is 2.64. The Hall–Kier alpha value is -2.40. The van der Waals surface area contributed by atoms with Crippen LogP contribution in [-0.4, -0.2) is 25.2 Å². The number of benzene rings is 1. The highest BCUT2D eigenvalue weighted by Crippen LogP contribution is 2.12. The molecule has 5 heteroatoms. The van der Waals surface area contributed by atoms with Gasteiger partial charge in [0.25, 0.3) is 5.91 Å². The van der Waals surface area contributed by atoms with Crippen molar-refractivity contribution in [2.75, 3.05) is 13.2 Å². The molecule has 1 aromatic heterocycles. The molecule has 1 aliphatic rings. The first kappa shape index (κ1) is 17.4. The van der Waals surface area contributed by atoms with E-state index in [-0.39, 0.29) is 17.5 Å². The molecule has 5 nitrogen and oxygen atoms in total.